The number of rotatable bonds is 6. The van der Waals surface area contributed by atoms with Crippen LogP contribution in [0.25, 0.3) is 0 Å². The lowest BCUT2D eigenvalue weighted by Gasteiger charge is -2.23. The maximum Gasteiger partial charge on any atom is 0.257 e. The van der Waals surface area contributed by atoms with E-state index in [1.54, 1.807) is 18.6 Å². The molecule has 26 heavy (non-hydrogen) atoms. The van der Waals surface area contributed by atoms with E-state index in [4.69, 9.17) is 0 Å². The van der Waals surface area contributed by atoms with Crippen molar-refractivity contribution in [2.75, 3.05) is 6.54 Å². The van der Waals surface area contributed by atoms with Crippen LogP contribution in [-0.2, 0) is 13.0 Å². The van der Waals surface area contributed by atoms with Crippen molar-refractivity contribution in [1.82, 2.24) is 19.9 Å². The van der Waals surface area contributed by atoms with E-state index in [1.165, 1.54) is 5.56 Å². The smallest absolute Gasteiger partial charge is 0.257 e. The van der Waals surface area contributed by atoms with Gasteiger partial charge in [0.15, 0.2) is 0 Å². The second-order valence-electron chi connectivity index (χ2n) is 6.24. The molecule has 1 amide bonds. The van der Waals surface area contributed by atoms with Crippen molar-refractivity contribution in [2.24, 2.45) is 0 Å². The summed E-state index contributed by atoms with van der Waals surface area (Å²) in [5.41, 5.74) is 3.46. The molecule has 2 aromatic heterocycles. The van der Waals surface area contributed by atoms with E-state index in [-0.39, 0.29) is 5.91 Å². The van der Waals surface area contributed by atoms with Crippen LogP contribution in [0.4, 0.5) is 0 Å². The highest BCUT2D eigenvalue weighted by Gasteiger charge is 2.19. The first-order valence-electron chi connectivity index (χ1n) is 8.66. The number of hydrogen-bond acceptors (Lipinski definition) is 4. The van der Waals surface area contributed by atoms with Gasteiger partial charge in [-0.25, -0.2) is 9.97 Å². The molecule has 5 nitrogen and oxygen atoms in total. The number of aromatic nitrogens is 3. The number of pyridine rings is 1. The molecule has 132 valence electrons. The van der Waals surface area contributed by atoms with Crippen LogP contribution < -0.4 is 0 Å². The summed E-state index contributed by atoms with van der Waals surface area (Å²) >= 11 is 0. The molecule has 0 saturated carbocycles. The summed E-state index contributed by atoms with van der Waals surface area (Å²) in [5.74, 6) is 0.615. The average molecular weight is 346 g/mol. The van der Waals surface area contributed by atoms with Crippen LogP contribution in [-0.4, -0.2) is 32.3 Å². The zero-order valence-electron chi connectivity index (χ0n) is 15.1. The zero-order valence-corrected chi connectivity index (χ0v) is 15.1. The highest BCUT2D eigenvalue weighted by molar-refractivity contribution is 5.94. The molecule has 0 saturated heterocycles. The van der Waals surface area contributed by atoms with Crippen LogP contribution in [0.2, 0.25) is 0 Å². The number of nitrogens with zero attached hydrogens (tertiary/aromatic N) is 4. The second-order valence-corrected chi connectivity index (χ2v) is 6.24. The summed E-state index contributed by atoms with van der Waals surface area (Å²) < 4.78 is 0. The summed E-state index contributed by atoms with van der Waals surface area (Å²) in [7, 11) is 0. The lowest BCUT2D eigenvalue weighted by Crippen LogP contribution is -2.33. The molecule has 0 fully saturated rings. The molecule has 0 N–H and O–H groups in total. The maximum absolute atomic E-state index is 13.1. The first-order chi connectivity index (χ1) is 12.6. The van der Waals surface area contributed by atoms with E-state index >= 15 is 0 Å². The molecule has 0 bridgehead atoms. The van der Waals surface area contributed by atoms with Gasteiger partial charge in [0.25, 0.3) is 5.91 Å². The molecule has 3 aromatic rings. The molecule has 0 aliphatic carbocycles. The van der Waals surface area contributed by atoms with E-state index in [9.17, 15) is 4.79 Å². The van der Waals surface area contributed by atoms with Gasteiger partial charge < -0.3 is 4.90 Å². The SMILES string of the molecule is Cc1ncc(C(=O)N(CCc2ccccc2)Cc2cccnc2)c(C)n1. The fourth-order valence-corrected chi connectivity index (χ4v) is 2.84. The van der Waals surface area contributed by atoms with Crippen molar-refractivity contribution < 1.29 is 4.79 Å². The molecule has 0 aliphatic rings. The standard InChI is InChI=1S/C21H22N4O/c1-16-20(14-23-17(2)24-16)21(26)25(15-19-9-6-11-22-13-19)12-10-18-7-4-3-5-8-18/h3-9,11,13-14H,10,12,15H2,1-2H3. The number of carbonyl (C=O) groups excluding carboxylic acids is 1. The minimum absolute atomic E-state index is 0.0534. The Morgan fingerprint density at radius 1 is 1.00 bits per heavy atom. The summed E-state index contributed by atoms with van der Waals surface area (Å²) in [6, 6.07) is 14.0. The first-order valence-corrected chi connectivity index (χ1v) is 8.66. The van der Waals surface area contributed by atoms with Crippen LogP contribution >= 0.6 is 0 Å². The number of carbonyl (C=O) groups is 1. The molecule has 5 heteroatoms. The normalized spacial score (nSPS) is 10.5. The highest BCUT2D eigenvalue weighted by Crippen LogP contribution is 2.13. The third-order valence-electron chi connectivity index (χ3n) is 4.23. The molecule has 3 rings (SSSR count). The minimum Gasteiger partial charge on any atom is -0.334 e. The third-order valence-corrected chi connectivity index (χ3v) is 4.23. The Kier molecular flexibility index (Phi) is 5.69. The Labute approximate surface area is 153 Å². The van der Waals surface area contributed by atoms with Crippen molar-refractivity contribution in [3.05, 3.63) is 89.3 Å². The van der Waals surface area contributed by atoms with Gasteiger partial charge in [-0.05, 0) is 37.5 Å². The van der Waals surface area contributed by atoms with Gasteiger partial charge in [0.1, 0.15) is 5.82 Å². The molecule has 0 atom stereocenters. The number of aryl methyl sites for hydroxylation is 2. The fraction of sp³-hybridized carbons (Fsp3) is 0.238. The van der Waals surface area contributed by atoms with Crippen molar-refractivity contribution in [2.45, 2.75) is 26.8 Å². The summed E-state index contributed by atoms with van der Waals surface area (Å²) in [6.45, 7) is 4.79. The summed E-state index contributed by atoms with van der Waals surface area (Å²) in [4.78, 5) is 27.7. The van der Waals surface area contributed by atoms with Crippen molar-refractivity contribution in [1.29, 1.82) is 0 Å². The Hall–Kier alpha value is -3.08. The molecule has 2 heterocycles. The predicted octanol–water partition coefficient (Wildman–Crippen LogP) is 3.37. The first kappa shape index (κ1) is 17.7. The molecule has 0 aliphatic heterocycles. The Bertz CT molecular complexity index is 866. The van der Waals surface area contributed by atoms with Gasteiger partial charge in [-0.1, -0.05) is 36.4 Å². The minimum atomic E-state index is -0.0534. The molecular weight excluding hydrogens is 324 g/mol. The van der Waals surface area contributed by atoms with E-state index in [1.807, 2.05) is 49.1 Å². The Morgan fingerprint density at radius 2 is 1.77 bits per heavy atom. The summed E-state index contributed by atoms with van der Waals surface area (Å²) in [6.07, 6.45) is 5.94. The number of benzene rings is 1. The molecule has 0 unspecified atom stereocenters. The largest absolute Gasteiger partial charge is 0.334 e. The predicted molar refractivity (Wildman–Crippen MR) is 101 cm³/mol. The van der Waals surface area contributed by atoms with E-state index < -0.39 is 0 Å². The highest BCUT2D eigenvalue weighted by atomic mass is 16.2. The Balaban J connectivity index is 1.82. The lowest BCUT2D eigenvalue weighted by molar-refractivity contribution is 0.0743. The zero-order chi connectivity index (χ0) is 18.4. The van der Waals surface area contributed by atoms with Gasteiger partial charge in [-0.3, -0.25) is 9.78 Å². The quantitative estimate of drug-likeness (QED) is 0.686. The topological polar surface area (TPSA) is 59.0 Å². The van der Waals surface area contributed by atoms with Crippen molar-refractivity contribution in [3.8, 4) is 0 Å². The molecule has 1 aromatic carbocycles. The summed E-state index contributed by atoms with van der Waals surface area (Å²) in [5, 5.41) is 0. The average Bonchev–Trinajstić information content (AvgIpc) is 2.66. The van der Waals surface area contributed by atoms with E-state index in [2.05, 4.69) is 27.1 Å². The lowest BCUT2D eigenvalue weighted by atomic mass is 10.1. The Morgan fingerprint density at radius 3 is 2.46 bits per heavy atom. The van der Waals surface area contributed by atoms with Crippen LogP contribution in [0.15, 0.2) is 61.1 Å². The molecule has 0 radical (unpaired) electrons. The number of hydrogen-bond donors (Lipinski definition) is 0. The number of amides is 1. The van der Waals surface area contributed by atoms with Crippen LogP contribution in [0.3, 0.4) is 0 Å². The monoisotopic (exact) mass is 346 g/mol. The third kappa shape index (κ3) is 4.51. The van der Waals surface area contributed by atoms with Gasteiger partial charge >= 0.3 is 0 Å². The van der Waals surface area contributed by atoms with Gasteiger partial charge in [-0.15, -0.1) is 0 Å². The van der Waals surface area contributed by atoms with Crippen LogP contribution in [0.1, 0.15) is 33.0 Å². The van der Waals surface area contributed by atoms with Crippen LogP contribution in [0.5, 0.6) is 0 Å². The molecular formula is C21H22N4O. The van der Waals surface area contributed by atoms with E-state index in [0.29, 0.717) is 30.2 Å². The van der Waals surface area contributed by atoms with Gasteiger partial charge in [0, 0.05) is 31.7 Å². The van der Waals surface area contributed by atoms with Crippen molar-refractivity contribution in [3.63, 3.8) is 0 Å². The maximum atomic E-state index is 13.1. The fourth-order valence-electron chi connectivity index (χ4n) is 2.84. The molecule has 0 spiro atoms. The van der Waals surface area contributed by atoms with Gasteiger partial charge in [-0.2, -0.15) is 0 Å². The van der Waals surface area contributed by atoms with Crippen LogP contribution in [0, 0.1) is 13.8 Å². The van der Waals surface area contributed by atoms with Gasteiger partial charge in [0.05, 0.1) is 11.3 Å². The van der Waals surface area contributed by atoms with Gasteiger partial charge in [0.2, 0.25) is 0 Å². The van der Waals surface area contributed by atoms with Crippen molar-refractivity contribution >= 4 is 5.91 Å². The van der Waals surface area contributed by atoms with E-state index in [0.717, 1.165) is 12.0 Å². The second kappa shape index (κ2) is 8.34.